The van der Waals surface area contributed by atoms with Gasteiger partial charge in [-0.3, -0.25) is 9.59 Å². The lowest BCUT2D eigenvalue weighted by molar-refractivity contribution is -0.268. The molecule has 0 saturated carbocycles. The van der Waals surface area contributed by atoms with Crippen molar-refractivity contribution in [3.8, 4) is 0 Å². The fourth-order valence-corrected chi connectivity index (χ4v) is 3.71. The summed E-state index contributed by atoms with van der Waals surface area (Å²) in [7, 11) is 0. The highest BCUT2D eigenvalue weighted by atomic mass is 16.7. The van der Waals surface area contributed by atoms with Crippen LogP contribution in [-0.2, 0) is 33.3 Å². The average molecular weight is 454 g/mol. The number of esters is 2. The minimum atomic E-state index is -0.791. The van der Waals surface area contributed by atoms with E-state index >= 15 is 0 Å². The largest absolute Gasteiger partial charge is 0.463 e. The third kappa shape index (κ3) is 9.96. The lowest BCUT2D eigenvalue weighted by atomic mass is 9.84. The molecule has 32 heavy (non-hydrogen) atoms. The summed E-state index contributed by atoms with van der Waals surface area (Å²) >= 11 is 0. The number of allylic oxidation sites excluding steroid dienone is 2. The van der Waals surface area contributed by atoms with E-state index in [-0.39, 0.29) is 18.8 Å². The molecule has 0 spiro atoms. The predicted octanol–water partition coefficient (Wildman–Crippen LogP) is 3.45. The van der Waals surface area contributed by atoms with Gasteiger partial charge < -0.3 is 29.1 Å². The van der Waals surface area contributed by atoms with Crippen LogP contribution < -0.4 is 5.32 Å². The van der Waals surface area contributed by atoms with Crippen LogP contribution in [0.15, 0.2) is 24.4 Å². The number of ketones is 1. The number of hydrogen-bond donors (Lipinski definition) is 1. The highest BCUT2D eigenvalue weighted by Crippen LogP contribution is 2.33. The Labute approximate surface area is 191 Å². The lowest BCUT2D eigenvalue weighted by Crippen LogP contribution is -2.62. The molecule has 1 aliphatic rings. The Morgan fingerprint density at radius 2 is 1.72 bits per heavy atom. The molecule has 0 aromatic rings. The number of hydrogen-bond acceptors (Lipinski definition) is 8. The van der Waals surface area contributed by atoms with Gasteiger partial charge in [0.05, 0.1) is 6.04 Å². The molecule has 182 valence electrons. The van der Waals surface area contributed by atoms with Gasteiger partial charge in [0.2, 0.25) is 0 Å². The van der Waals surface area contributed by atoms with Crippen LogP contribution in [-0.4, -0.2) is 55.5 Å². The molecular weight excluding hydrogens is 414 g/mol. The highest BCUT2D eigenvalue weighted by molar-refractivity contribution is 5.76. The second-order valence-corrected chi connectivity index (χ2v) is 8.37. The number of ether oxygens (including phenoxy) is 4. The summed E-state index contributed by atoms with van der Waals surface area (Å²) in [6.07, 6.45) is 1.53. The first-order valence-corrected chi connectivity index (χ1v) is 11.2. The first kappa shape index (κ1) is 27.8. The van der Waals surface area contributed by atoms with E-state index in [0.29, 0.717) is 12.3 Å². The molecule has 0 aromatic carbocycles. The average Bonchev–Trinajstić information content (AvgIpc) is 2.69. The van der Waals surface area contributed by atoms with Crippen LogP contribution in [0.2, 0.25) is 0 Å². The Hall–Kier alpha value is -2.19. The summed E-state index contributed by atoms with van der Waals surface area (Å²) in [6, 6.07) is -0.500. The Kier molecular flexibility index (Phi) is 12.2. The van der Waals surface area contributed by atoms with Crippen LogP contribution in [0.25, 0.3) is 0 Å². The van der Waals surface area contributed by atoms with Gasteiger partial charge in [-0.15, -0.1) is 0 Å². The van der Waals surface area contributed by atoms with E-state index in [9.17, 15) is 14.4 Å². The van der Waals surface area contributed by atoms with E-state index in [2.05, 4.69) is 25.4 Å². The van der Waals surface area contributed by atoms with Gasteiger partial charge in [0.15, 0.2) is 12.4 Å². The number of carbonyl (C=O) groups excluding carboxylic acids is 3. The normalized spacial score (nSPS) is 25.0. The molecule has 0 aliphatic carbocycles. The quantitative estimate of drug-likeness (QED) is 0.243. The molecule has 1 N–H and O–H groups in total. The van der Waals surface area contributed by atoms with Crippen LogP contribution in [0.3, 0.4) is 0 Å². The number of nitrogens with one attached hydrogen (secondary N) is 1. The van der Waals surface area contributed by atoms with Crippen molar-refractivity contribution in [1.29, 1.82) is 0 Å². The van der Waals surface area contributed by atoms with Crippen molar-refractivity contribution < 1.29 is 33.3 Å². The van der Waals surface area contributed by atoms with Crippen molar-refractivity contribution in [1.82, 2.24) is 5.32 Å². The molecule has 0 unspecified atom stereocenters. The van der Waals surface area contributed by atoms with Crippen molar-refractivity contribution in [2.24, 2.45) is 5.92 Å². The topological polar surface area (TPSA) is 100 Å². The molecule has 1 saturated heterocycles. The molecular formula is C24H39NO7. The highest BCUT2D eigenvalue weighted by Gasteiger charge is 2.49. The maximum Gasteiger partial charge on any atom is 0.303 e. The van der Waals surface area contributed by atoms with Crippen LogP contribution in [0.4, 0.5) is 0 Å². The summed E-state index contributed by atoms with van der Waals surface area (Å²) in [5, 5.41) is 3.23. The summed E-state index contributed by atoms with van der Waals surface area (Å²) < 4.78 is 22.9. The van der Waals surface area contributed by atoms with Crippen LogP contribution in [0.5, 0.6) is 0 Å². The van der Waals surface area contributed by atoms with Gasteiger partial charge in [-0.05, 0) is 39.5 Å². The molecule has 1 heterocycles. The van der Waals surface area contributed by atoms with E-state index in [4.69, 9.17) is 18.9 Å². The minimum Gasteiger partial charge on any atom is -0.463 e. The third-order valence-electron chi connectivity index (χ3n) is 5.24. The molecule has 1 rings (SSSR count). The van der Waals surface area contributed by atoms with Gasteiger partial charge in [-0.25, -0.2) is 0 Å². The van der Waals surface area contributed by atoms with Gasteiger partial charge in [0, 0.05) is 38.5 Å². The second-order valence-electron chi connectivity index (χ2n) is 8.37. The van der Waals surface area contributed by atoms with Crippen LogP contribution >= 0.6 is 0 Å². The lowest BCUT2D eigenvalue weighted by Gasteiger charge is -2.46. The molecule has 0 aromatic heterocycles. The Morgan fingerprint density at radius 1 is 1.03 bits per heavy atom. The van der Waals surface area contributed by atoms with Gasteiger partial charge in [-0.2, -0.15) is 0 Å². The molecule has 0 amide bonds. The maximum atomic E-state index is 12.1. The van der Waals surface area contributed by atoms with Crippen LogP contribution in [0, 0.1) is 5.92 Å². The Bertz CT molecular complexity index is 675. The molecule has 1 fully saturated rings. The molecule has 0 bridgehead atoms. The van der Waals surface area contributed by atoms with E-state index in [1.807, 2.05) is 0 Å². The van der Waals surface area contributed by atoms with Gasteiger partial charge >= 0.3 is 11.9 Å². The fourth-order valence-electron chi connectivity index (χ4n) is 3.71. The van der Waals surface area contributed by atoms with E-state index in [1.165, 1.54) is 26.3 Å². The predicted molar refractivity (Wildman–Crippen MR) is 121 cm³/mol. The second kappa shape index (κ2) is 14.1. The zero-order chi connectivity index (χ0) is 24.3. The van der Waals surface area contributed by atoms with Gasteiger partial charge in [0.25, 0.3) is 0 Å². The van der Waals surface area contributed by atoms with Gasteiger partial charge in [0.1, 0.15) is 18.5 Å². The fraction of sp³-hybridized carbons (Fsp3) is 0.708. The number of rotatable bonds is 14. The summed E-state index contributed by atoms with van der Waals surface area (Å²) in [5.41, 5.74) is 1.84. The summed E-state index contributed by atoms with van der Waals surface area (Å²) in [6.45, 7) is 16.2. The van der Waals surface area contributed by atoms with Crippen LogP contribution in [0.1, 0.15) is 66.7 Å². The SMILES string of the molecule is C=C(CC)CCCCO[C@H]1O[C@H](COC(C)=O)[C@@H](OC(C)=O)[C@H](NC(=C)C)[C@H]1CC(C)=O. The van der Waals surface area contributed by atoms with Crippen molar-refractivity contribution in [3.05, 3.63) is 24.4 Å². The standard InChI is InChI=1S/C24H39NO7/c1-8-16(4)11-9-10-12-29-24-20(13-17(5)26)22(25-15(2)3)23(31-19(7)28)21(32-24)14-30-18(6)27/h20-25H,2,4,8-14H2,1,3,5-7H3/t20-,21-,22-,23-,24+/m1/s1. The molecule has 1 aliphatic heterocycles. The maximum absolute atomic E-state index is 12.1. The first-order valence-electron chi connectivity index (χ1n) is 11.2. The van der Waals surface area contributed by atoms with Crippen molar-refractivity contribution >= 4 is 17.7 Å². The van der Waals surface area contributed by atoms with Crippen molar-refractivity contribution in [3.63, 3.8) is 0 Å². The van der Waals surface area contributed by atoms with Gasteiger partial charge in [-0.1, -0.05) is 25.7 Å². The number of carbonyl (C=O) groups is 3. The monoisotopic (exact) mass is 453 g/mol. The minimum absolute atomic E-state index is 0.0417. The third-order valence-corrected chi connectivity index (χ3v) is 5.24. The van der Waals surface area contributed by atoms with Crippen molar-refractivity contribution in [2.75, 3.05) is 13.2 Å². The Morgan fingerprint density at radius 3 is 2.25 bits per heavy atom. The molecule has 8 nitrogen and oxygen atoms in total. The van der Waals surface area contributed by atoms with E-state index < -0.39 is 42.4 Å². The smallest absolute Gasteiger partial charge is 0.303 e. The number of Topliss-reactive ketones (excluding diaryl/α,β-unsaturated/α-hetero) is 1. The molecule has 0 radical (unpaired) electrons. The molecule has 5 atom stereocenters. The van der Waals surface area contributed by atoms with Crippen molar-refractivity contribution in [2.45, 2.75) is 91.3 Å². The number of unbranched alkanes of at least 4 members (excludes halogenated alkanes) is 1. The first-order chi connectivity index (χ1) is 15.0. The zero-order valence-electron chi connectivity index (χ0n) is 20.1. The molecule has 8 heteroatoms. The van der Waals surface area contributed by atoms with E-state index in [0.717, 1.165) is 25.7 Å². The summed E-state index contributed by atoms with van der Waals surface area (Å²) in [4.78, 5) is 35.3. The summed E-state index contributed by atoms with van der Waals surface area (Å²) in [5.74, 6) is -1.44. The Balaban J connectivity index is 3.07. The zero-order valence-corrected chi connectivity index (χ0v) is 20.1. The van der Waals surface area contributed by atoms with E-state index in [1.54, 1.807) is 6.92 Å².